The smallest absolute Gasteiger partial charge is 0.209 e. The molecule has 80 valence electrons. The molecule has 5 heteroatoms. The molecule has 0 saturated heterocycles. The molecule has 0 saturated carbocycles. The second kappa shape index (κ2) is 5.57. The third-order valence-electron chi connectivity index (χ3n) is 1.65. The van der Waals surface area contributed by atoms with Crippen molar-refractivity contribution in [2.75, 3.05) is 25.9 Å². The molecule has 0 unspecified atom stereocenters. The summed E-state index contributed by atoms with van der Waals surface area (Å²) in [6, 6.07) is 0. The summed E-state index contributed by atoms with van der Waals surface area (Å²) in [6.45, 7) is 6.05. The number of hydrogen-bond donors (Lipinski definition) is 1. The molecule has 0 spiro atoms. The maximum Gasteiger partial charge on any atom is 0.209 e. The van der Waals surface area contributed by atoms with Gasteiger partial charge in [0, 0.05) is 6.54 Å². The van der Waals surface area contributed by atoms with Gasteiger partial charge in [-0.25, -0.2) is 13.6 Å². The Morgan fingerprint density at radius 3 is 2.31 bits per heavy atom. The molecule has 0 aromatic heterocycles. The van der Waals surface area contributed by atoms with Crippen LogP contribution in [0.4, 0.5) is 0 Å². The van der Waals surface area contributed by atoms with Crippen LogP contribution >= 0.6 is 0 Å². The fourth-order valence-corrected chi connectivity index (χ4v) is 1.78. The normalized spacial score (nSPS) is 12.8. The summed E-state index contributed by atoms with van der Waals surface area (Å²) < 4.78 is 21.2. The minimum absolute atomic E-state index is 0.0788. The molecule has 0 aromatic rings. The van der Waals surface area contributed by atoms with Crippen LogP contribution in [0.15, 0.2) is 0 Å². The highest BCUT2D eigenvalue weighted by molar-refractivity contribution is 7.89. The Hall–Kier alpha value is -0.130. The van der Waals surface area contributed by atoms with Gasteiger partial charge in [0.2, 0.25) is 10.0 Å². The SMILES string of the molecule is CC(C)CN(C)CCCS(N)(=O)=O. The molecule has 0 aliphatic rings. The molecular weight excluding hydrogens is 188 g/mol. The topological polar surface area (TPSA) is 63.4 Å². The van der Waals surface area contributed by atoms with E-state index in [1.807, 2.05) is 7.05 Å². The van der Waals surface area contributed by atoms with Crippen LogP contribution in [0, 0.1) is 5.92 Å². The molecule has 0 bridgehead atoms. The lowest BCUT2D eigenvalue weighted by atomic mass is 10.2. The molecule has 0 atom stereocenters. The van der Waals surface area contributed by atoms with Gasteiger partial charge in [0.15, 0.2) is 0 Å². The molecule has 0 fully saturated rings. The van der Waals surface area contributed by atoms with Crippen molar-refractivity contribution >= 4 is 10.0 Å². The summed E-state index contributed by atoms with van der Waals surface area (Å²) in [5, 5.41) is 4.88. The predicted octanol–water partition coefficient (Wildman–Crippen LogP) is 0.253. The van der Waals surface area contributed by atoms with E-state index in [1.54, 1.807) is 0 Å². The minimum atomic E-state index is -3.27. The van der Waals surface area contributed by atoms with Crippen LogP contribution in [0.1, 0.15) is 20.3 Å². The number of nitrogens with zero attached hydrogens (tertiary/aromatic N) is 1. The van der Waals surface area contributed by atoms with Gasteiger partial charge < -0.3 is 4.90 Å². The van der Waals surface area contributed by atoms with Gasteiger partial charge in [-0.05, 0) is 25.9 Å². The highest BCUT2D eigenvalue weighted by Gasteiger charge is 2.05. The second-order valence-corrected chi connectivity index (χ2v) is 5.61. The number of sulfonamides is 1. The van der Waals surface area contributed by atoms with Crippen LogP contribution in [0.25, 0.3) is 0 Å². The Balaban J connectivity index is 3.54. The molecule has 0 rings (SSSR count). The molecule has 0 aromatic carbocycles. The number of primary sulfonamides is 1. The van der Waals surface area contributed by atoms with Crippen molar-refractivity contribution in [1.29, 1.82) is 0 Å². The summed E-state index contributed by atoms with van der Waals surface area (Å²) in [5.41, 5.74) is 0. The van der Waals surface area contributed by atoms with Gasteiger partial charge in [-0.3, -0.25) is 0 Å². The molecule has 0 heterocycles. The zero-order valence-electron chi connectivity index (χ0n) is 8.66. The molecule has 0 aliphatic heterocycles. The molecule has 0 amide bonds. The highest BCUT2D eigenvalue weighted by Crippen LogP contribution is 1.97. The zero-order valence-corrected chi connectivity index (χ0v) is 9.47. The summed E-state index contributed by atoms with van der Waals surface area (Å²) in [6.07, 6.45) is 0.613. The summed E-state index contributed by atoms with van der Waals surface area (Å²) in [5.74, 6) is 0.689. The van der Waals surface area contributed by atoms with Crippen molar-refractivity contribution in [2.45, 2.75) is 20.3 Å². The average Bonchev–Trinajstić information content (AvgIpc) is 1.81. The first-order valence-corrected chi connectivity index (χ1v) is 6.22. The van der Waals surface area contributed by atoms with Gasteiger partial charge in [-0.2, -0.15) is 0 Å². The van der Waals surface area contributed by atoms with E-state index in [1.165, 1.54) is 0 Å². The van der Waals surface area contributed by atoms with E-state index >= 15 is 0 Å². The number of nitrogens with two attached hydrogens (primary N) is 1. The Morgan fingerprint density at radius 2 is 1.92 bits per heavy atom. The van der Waals surface area contributed by atoms with Crippen molar-refractivity contribution in [1.82, 2.24) is 4.90 Å². The maximum absolute atomic E-state index is 10.6. The van der Waals surface area contributed by atoms with Gasteiger partial charge in [0.25, 0.3) is 0 Å². The Kier molecular flexibility index (Phi) is 5.51. The van der Waals surface area contributed by atoms with Gasteiger partial charge in [0.1, 0.15) is 0 Å². The van der Waals surface area contributed by atoms with Gasteiger partial charge >= 0.3 is 0 Å². The van der Waals surface area contributed by atoms with Crippen molar-refractivity contribution in [3.63, 3.8) is 0 Å². The van der Waals surface area contributed by atoms with Gasteiger partial charge in [0.05, 0.1) is 5.75 Å². The van der Waals surface area contributed by atoms with Crippen LogP contribution in [0.3, 0.4) is 0 Å². The monoisotopic (exact) mass is 208 g/mol. The van der Waals surface area contributed by atoms with Crippen LogP contribution in [0.5, 0.6) is 0 Å². The Morgan fingerprint density at radius 1 is 1.38 bits per heavy atom. The number of hydrogen-bond acceptors (Lipinski definition) is 3. The number of rotatable bonds is 6. The quantitative estimate of drug-likeness (QED) is 0.680. The first-order valence-electron chi connectivity index (χ1n) is 4.50. The van der Waals surface area contributed by atoms with Crippen LogP contribution in [0.2, 0.25) is 0 Å². The maximum atomic E-state index is 10.6. The van der Waals surface area contributed by atoms with Gasteiger partial charge in [-0.1, -0.05) is 13.8 Å². The molecule has 2 N–H and O–H groups in total. The Bertz CT molecular complexity index is 224. The van der Waals surface area contributed by atoms with E-state index in [4.69, 9.17) is 5.14 Å². The lowest BCUT2D eigenvalue weighted by Gasteiger charge is -2.18. The molecule has 0 aliphatic carbocycles. The largest absolute Gasteiger partial charge is 0.306 e. The molecule has 13 heavy (non-hydrogen) atoms. The van der Waals surface area contributed by atoms with Crippen molar-refractivity contribution in [3.05, 3.63) is 0 Å². The fourth-order valence-electron chi connectivity index (χ4n) is 1.25. The molecule has 0 radical (unpaired) electrons. The highest BCUT2D eigenvalue weighted by atomic mass is 32.2. The zero-order chi connectivity index (χ0) is 10.5. The first kappa shape index (κ1) is 12.9. The summed E-state index contributed by atoms with van der Waals surface area (Å²) >= 11 is 0. The van der Waals surface area contributed by atoms with Gasteiger partial charge in [-0.15, -0.1) is 0 Å². The summed E-state index contributed by atoms with van der Waals surface area (Å²) in [7, 11) is -1.29. The second-order valence-electron chi connectivity index (χ2n) is 3.88. The predicted molar refractivity (Wildman–Crippen MR) is 54.9 cm³/mol. The van der Waals surface area contributed by atoms with E-state index < -0.39 is 10.0 Å². The van der Waals surface area contributed by atoms with Crippen molar-refractivity contribution in [2.24, 2.45) is 11.1 Å². The van der Waals surface area contributed by atoms with Crippen LogP contribution in [-0.4, -0.2) is 39.2 Å². The van der Waals surface area contributed by atoms with E-state index in [0.717, 1.165) is 13.1 Å². The van der Waals surface area contributed by atoms with Crippen LogP contribution in [-0.2, 0) is 10.0 Å². The van der Waals surface area contributed by atoms with E-state index in [0.29, 0.717) is 12.3 Å². The molecule has 4 nitrogen and oxygen atoms in total. The lowest BCUT2D eigenvalue weighted by Crippen LogP contribution is -2.27. The van der Waals surface area contributed by atoms with Crippen LogP contribution < -0.4 is 5.14 Å². The lowest BCUT2D eigenvalue weighted by molar-refractivity contribution is 0.296. The van der Waals surface area contributed by atoms with E-state index in [9.17, 15) is 8.42 Å². The third-order valence-corrected chi connectivity index (χ3v) is 2.50. The fraction of sp³-hybridized carbons (Fsp3) is 1.00. The van der Waals surface area contributed by atoms with Crippen molar-refractivity contribution in [3.8, 4) is 0 Å². The first-order chi connectivity index (χ1) is 5.81. The standard InChI is InChI=1S/C8H20N2O2S/c1-8(2)7-10(3)5-4-6-13(9,11)12/h8H,4-7H2,1-3H3,(H2,9,11,12). The van der Waals surface area contributed by atoms with E-state index in [2.05, 4.69) is 18.7 Å². The summed E-state index contributed by atoms with van der Waals surface area (Å²) in [4.78, 5) is 2.12. The molecular formula is C8H20N2O2S. The third kappa shape index (κ3) is 9.79. The van der Waals surface area contributed by atoms with E-state index in [-0.39, 0.29) is 5.75 Å². The Labute approximate surface area is 81.2 Å². The minimum Gasteiger partial charge on any atom is -0.306 e. The average molecular weight is 208 g/mol. The van der Waals surface area contributed by atoms with Crippen molar-refractivity contribution < 1.29 is 8.42 Å².